The number of hydrogen-bond donors (Lipinski definition) is 0. The fraction of sp³-hybridized carbons (Fsp3) is 1.00. The highest BCUT2D eigenvalue weighted by Crippen LogP contribution is 2.34. The molecule has 0 radical (unpaired) electrons. The third-order valence-corrected chi connectivity index (χ3v) is 4.82. The predicted molar refractivity (Wildman–Crippen MR) is 82.9 cm³/mol. The van der Waals surface area contributed by atoms with Crippen molar-refractivity contribution in [3.05, 3.63) is 0 Å². The van der Waals surface area contributed by atoms with E-state index in [4.69, 9.17) is 0 Å². The molecule has 0 spiro atoms. The van der Waals surface area contributed by atoms with Crippen LogP contribution in [0, 0.1) is 11.8 Å². The van der Waals surface area contributed by atoms with Crippen molar-refractivity contribution in [1.82, 2.24) is 14.7 Å². The molecule has 2 aliphatic rings. The lowest BCUT2D eigenvalue weighted by Gasteiger charge is -2.39. The van der Waals surface area contributed by atoms with Gasteiger partial charge in [-0.05, 0) is 38.9 Å². The Labute approximate surface area is 128 Å². The SMILES string of the molecule is CC(C)CN1CCN(CCC2CCN(C)CC2(F)F)CC1. The van der Waals surface area contributed by atoms with Gasteiger partial charge in [0.05, 0.1) is 6.54 Å². The number of piperidine rings is 1. The minimum atomic E-state index is -2.51. The Kier molecular flexibility index (Phi) is 5.97. The summed E-state index contributed by atoms with van der Waals surface area (Å²) in [6.07, 6.45) is 1.28. The van der Waals surface area contributed by atoms with E-state index in [0.717, 1.165) is 45.8 Å². The molecule has 0 aliphatic carbocycles. The molecule has 21 heavy (non-hydrogen) atoms. The summed E-state index contributed by atoms with van der Waals surface area (Å²) in [4.78, 5) is 6.61. The van der Waals surface area contributed by atoms with Crippen LogP contribution >= 0.6 is 0 Å². The van der Waals surface area contributed by atoms with Gasteiger partial charge >= 0.3 is 0 Å². The van der Waals surface area contributed by atoms with E-state index in [1.165, 1.54) is 0 Å². The largest absolute Gasteiger partial charge is 0.301 e. The predicted octanol–water partition coefficient (Wildman–Crippen LogP) is 2.24. The van der Waals surface area contributed by atoms with E-state index in [1.54, 1.807) is 11.9 Å². The van der Waals surface area contributed by atoms with Crippen LogP contribution < -0.4 is 0 Å². The fourth-order valence-electron chi connectivity index (χ4n) is 3.56. The minimum absolute atomic E-state index is 0.0696. The van der Waals surface area contributed by atoms with E-state index >= 15 is 0 Å². The van der Waals surface area contributed by atoms with E-state index in [1.807, 2.05) is 0 Å². The summed E-state index contributed by atoms with van der Waals surface area (Å²) in [6, 6.07) is 0. The van der Waals surface area contributed by atoms with E-state index in [9.17, 15) is 8.78 Å². The highest BCUT2D eigenvalue weighted by atomic mass is 19.3. The molecule has 0 N–H and O–H groups in total. The smallest absolute Gasteiger partial charge is 0.263 e. The molecule has 0 saturated carbocycles. The molecule has 2 rings (SSSR count). The van der Waals surface area contributed by atoms with Crippen molar-refractivity contribution in [2.45, 2.75) is 32.6 Å². The van der Waals surface area contributed by atoms with Crippen LogP contribution in [0.2, 0.25) is 0 Å². The Balaban J connectivity index is 1.70. The van der Waals surface area contributed by atoms with Gasteiger partial charge in [-0.2, -0.15) is 0 Å². The van der Waals surface area contributed by atoms with Crippen molar-refractivity contribution in [3.8, 4) is 0 Å². The number of hydrogen-bond acceptors (Lipinski definition) is 3. The summed E-state index contributed by atoms with van der Waals surface area (Å²) in [5.41, 5.74) is 0. The molecule has 5 heteroatoms. The average Bonchev–Trinajstić information content (AvgIpc) is 2.38. The van der Waals surface area contributed by atoms with Crippen molar-refractivity contribution < 1.29 is 8.78 Å². The average molecular weight is 303 g/mol. The summed E-state index contributed by atoms with van der Waals surface area (Å²) in [7, 11) is 1.79. The van der Waals surface area contributed by atoms with Gasteiger partial charge in [0.15, 0.2) is 0 Å². The van der Waals surface area contributed by atoms with Gasteiger partial charge in [0, 0.05) is 38.6 Å². The molecular formula is C16H31F2N3. The van der Waals surface area contributed by atoms with Crippen LogP contribution in [0.4, 0.5) is 8.78 Å². The van der Waals surface area contributed by atoms with Crippen molar-refractivity contribution >= 4 is 0 Å². The minimum Gasteiger partial charge on any atom is -0.301 e. The van der Waals surface area contributed by atoms with Gasteiger partial charge in [-0.3, -0.25) is 0 Å². The Morgan fingerprint density at radius 2 is 1.67 bits per heavy atom. The van der Waals surface area contributed by atoms with Gasteiger partial charge in [0.1, 0.15) is 0 Å². The van der Waals surface area contributed by atoms with Gasteiger partial charge in [-0.15, -0.1) is 0 Å². The maximum atomic E-state index is 14.0. The van der Waals surface area contributed by atoms with Crippen LogP contribution in [-0.2, 0) is 0 Å². The van der Waals surface area contributed by atoms with Gasteiger partial charge in [0.25, 0.3) is 5.92 Å². The van der Waals surface area contributed by atoms with Crippen LogP contribution in [0.5, 0.6) is 0 Å². The summed E-state index contributed by atoms with van der Waals surface area (Å²) in [6.45, 7) is 11.4. The van der Waals surface area contributed by atoms with Crippen molar-refractivity contribution in [1.29, 1.82) is 0 Å². The molecule has 3 nitrogen and oxygen atoms in total. The Morgan fingerprint density at radius 1 is 1.05 bits per heavy atom. The van der Waals surface area contributed by atoms with Gasteiger partial charge in [-0.1, -0.05) is 13.8 Å². The van der Waals surface area contributed by atoms with Gasteiger partial charge < -0.3 is 14.7 Å². The Bertz CT molecular complexity index is 315. The standard InChI is InChI=1S/C16H31F2N3/c1-14(2)12-21-10-8-20(9-11-21)7-5-15-4-6-19(3)13-16(15,17)18/h14-15H,4-13H2,1-3H3. The summed E-state index contributed by atoms with van der Waals surface area (Å²) in [5, 5.41) is 0. The highest BCUT2D eigenvalue weighted by molar-refractivity contribution is 4.86. The first kappa shape index (κ1) is 17.1. The third kappa shape index (κ3) is 5.15. The molecule has 2 saturated heterocycles. The second-order valence-electron chi connectivity index (χ2n) is 7.31. The number of piperazine rings is 1. The maximum absolute atomic E-state index is 14.0. The quantitative estimate of drug-likeness (QED) is 0.771. The molecule has 0 aromatic carbocycles. The van der Waals surface area contributed by atoms with Crippen LogP contribution in [0.3, 0.4) is 0 Å². The van der Waals surface area contributed by atoms with Crippen LogP contribution in [-0.4, -0.2) is 80.0 Å². The Hall–Kier alpha value is -0.260. The van der Waals surface area contributed by atoms with Crippen LogP contribution in [0.25, 0.3) is 0 Å². The molecule has 0 aromatic heterocycles. The number of rotatable bonds is 5. The fourth-order valence-corrected chi connectivity index (χ4v) is 3.56. The molecule has 0 amide bonds. The maximum Gasteiger partial charge on any atom is 0.263 e. The topological polar surface area (TPSA) is 9.72 Å². The molecule has 2 fully saturated rings. The van der Waals surface area contributed by atoms with E-state index in [-0.39, 0.29) is 6.54 Å². The number of alkyl halides is 2. The second-order valence-corrected chi connectivity index (χ2v) is 7.31. The first-order chi connectivity index (χ1) is 9.87. The molecular weight excluding hydrogens is 272 g/mol. The normalized spacial score (nSPS) is 29.1. The summed E-state index contributed by atoms with van der Waals surface area (Å²) < 4.78 is 28.0. The Morgan fingerprint density at radius 3 is 2.24 bits per heavy atom. The van der Waals surface area contributed by atoms with E-state index < -0.39 is 11.8 Å². The molecule has 0 bridgehead atoms. The summed E-state index contributed by atoms with van der Waals surface area (Å²) in [5.74, 6) is -2.23. The lowest BCUT2D eigenvalue weighted by Crippen LogP contribution is -2.50. The highest BCUT2D eigenvalue weighted by Gasteiger charge is 2.43. The first-order valence-corrected chi connectivity index (χ1v) is 8.38. The molecule has 1 atom stereocenters. The monoisotopic (exact) mass is 303 g/mol. The van der Waals surface area contributed by atoms with Gasteiger partial charge in [-0.25, -0.2) is 8.78 Å². The lowest BCUT2D eigenvalue weighted by atomic mass is 9.90. The van der Waals surface area contributed by atoms with Crippen molar-refractivity contribution in [3.63, 3.8) is 0 Å². The van der Waals surface area contributed by atoms with Crippen molar-refractivity contribution in [2.24, 2.45) is 11.8 Å². The molecule has 2 heterocycles. The van der Waals surface area contributed by atoms with Crippen LogP contribution in [0.15, 0.2) is 0 Å². The first-order valence-electron chi connectivity index (χ1n) is 8.38. The zero-order valence-electron chi connectivity index (χ0n) is 13.8. The number of nitrogens with zero attached hydrogens (tertiary/aromatic N) is 3. The number of halogens is 2. The summed E-state index contributed by atoms with van der Waals surface area (Å²) >= 11 is 0. The second kappa shape index (κ2) is 7.34. The molecule has 0 aromatic rings. The number of likely N-dealkylation sites (tertiary alicyclic amines) is 1. The zero-order valence-corrected chi connectivity index (χ0v) is 13.8. The molecule has 1 unspecified atom stereocenters. The molecule has 124 valence electrons. The van der Waals surface area contributed by atoms with E-state index in [0.29, 0.717) is 18.8 Å². The zero-order chi connectivity index (χ0) is 15.5. The van der Waals surface area contributed by atoms with Crippen molar-refractivity contribution in [2.75, 3.05) is 59.4 Å². The molecule has 2 aliphatic heterocycles. The van der Waals surface area contributed by atoms with E-state index in [2.05, 4.69) is 23.6 Å². The third-order valence-electron chi connectivity index (χ3n) is 4.82. The lowest BCUT2D eigenvalue weighted by molar-refractivity contribution is -0.109. The van der Waals surface area contributed by atoms with Crippen LogP contribution in [0.1, 0.15) is 26.7 Å². The van der Waals surface area contributed by atoms with Gasteiger partial charge in [0.2, 0.25) is 0 Å².